The van der Waals surface area contributed by atoms with Crippen LogP contribution in [0.5, 0.6) is 0 Å². The van der Waals surface area contributed by atoms with E-state index in [0.717, 1.165) is 16.7 Å². The van der Waals surface area contributed by atoms with E-state index in [1.165, 1.54) is 12.1 Å². The first-order valence-electron chi connectivity index (χ1n) is 9.03. The standard InChI is InChI=1S/C23H17ClFN3O/c24-21-14-20(25)11-10-19(21)15-28-13-12-22(27-28)26-23(29)18-8-6-17(7-9-18)16-4-2-1-3-5-16/h1-14H,15H2,(H,26,27,29). The van der Waals surface area contributed by atoms with Crippen molar-refractivity contribution in [2.45, 2.75) is 6.54 Å². The van der Waals surface area contributed by atoms with Crippen LogP contribution < -0.4 is 5.32 Å². The summed E-state index contributed by atoms with van der Waals surface area (Å²) in [6.07, 6.45) is 1.73. The molecule has 0 aliphatic carbocycles. The zero-order valence-electron chi connectivity index (χ0n) is 15.3. The Balaban J connectivity index is 1.42. The molecule has 4 nitrogen and oxygen atoms in total. The second-order valence-corrected chi connectivity index (χ2v) is 6.94. The number of halogens is 2. The van der Waals surface area contributed by atoms with Crippen molar-refractivity contribution in [3.63, 3.8) is 0 Å². The Hall–Kier alpha value is -3.44. The van der Waals surface area contributed by atoms with Gasteiger partial charge in [0.2, 0.25) is 0 Å². The molecule has 0 radical (unpaired) electrons. The molecular formula is C23H17ClFN3O. The van der Waals surface area contributed by atoms with Crippen LogP contribution in [-0.2, 0) is 6.54 Å². The summed E-state index contributed by atoms with van der Waals surface area (Å²) in [7, 11) is 0. The molecule has 1 N–H and O–H groups in total. The Kier molecular flexibility index (Phi) is 5.40. The lowest BCUT2D eigenvalue weighted by atomic mass is 10.0. The Morgan fingerprint density at radius 1 is 0.966 bits per heavy atom. The fourth-order valence-corrected chi connectivity index (χ4v) is 3.20. The van der Waals surface area contributed by atoms with E-state index in [4.69, 9.17) is 11.6 Å². The molecule has 0 bridgehead atoms. The highest BCUT2D eigenvalue weighted by Crippen LogP contribution is 2.20. The highest BCUT2D eigenvalue weighted by molar-refractivity contribution is 6.31. The van der Waals surface area contributed by atoms with Crippen LogP contribution in [0.25, 0.3) is 11.1 Å². The average Bonchev–Trinajstić information content (AvgIpc) is 3.18. The van der Waals surface area contributed by atoms with Gasteiger partial charge in [0.15, 0.2) is 5.82 Å². The van der Waals surface area contributed by atoms with E-state index < -0.39 is 0 Å². The first-order valence-corrected chi connectivity index (χ1v) is 9.40. The van der Waals surface area contributed by atoms with Crippen molar-refractivity contribution >= 4 is 23.3 Å². The molecule has 0 atom stereocenters. The summed E-state index contributed by atoms with van der Waals surface area (Å²) in [5, 5.41) is 7.45. The van der Waals surface area contributed by atoms with Crippen LogP contribution in [-0.4, -0.2) is 15.7 Å². The number of carbonyl (C=O) groups is 1. The van der Waals surface area contributed by atoms with Crippen LogP contribution in [0.3, 0.4) is 0 Å². The fourth-order valence-electron chi connectivity index (χ4n) is 2.97. The van der Waals surface area contributed by atoms with Gasteiger partial charge in [0.1, 0.15) is 5.82 Å². The molecule has 4 aromatic rings. The second-order valence-electron chi connectivity index (χ2n) is 6.53. The lowest BCUT2D eigenvalue weighted by Crippen LogP contribution is -2.12. The molecule has 3 aromatic carbocycles. The third-order valence-electron chi connectivity index (χ3n) is 4.48. The Labute approximate surface area is 172 Å². The van der Waals surface area contributed by atoms with Crippen molar-refractivity contribution < 1.29 is 9.18 Å². The Morgan fingerprint density at radius 2 is 1.69 bits per heavy atom. The number of nitrogens with one attached hydrogen (secondary N) is 1. The smallest absolute Gasteiger partial charge is 0.256 e. The summed E-state index contributed by atoms with van der Waals surface area (Å²) >= 11 is 6.06. The van der Waals surface area contributed by atoms with Crippen LogP contribution >= 0.6 is 11.6 Å². The molecule has 1 heterocycles. The van der Waals surface area contributed by atoms with Crippen molar-refractivity contribution in [1.82, 2.24) is 9.78 Å². The van der Waals surface area contributed by atoms with E-state index >= 15 is 0 Å². The number of rotatable bonds is 5. The molecule has 0 aliphatic heterocycles. The minimum Gasteiger partial charge on any atom is -0.305 e. The molecule has 0 fully saturated rings. The number of aromatic nitrogens is 2. The molecule has 0 aliphatic rings. The van der Waals surface area contributed by atoms with E-state index in [1.54, 1.807) is 35.1 Å². The minimum atomic E-state index is -0.384. The molecule has 0 saturated carbocycles. The molecule has 6 heteroatoms. The third-order valence-corrected chi connectivity index (χ3v) is 4.84. The van der Waals surface area contributed by atoms with Gasteiger partial charge in [0, 0.05) is 22.8 Å². The van der Waals surface area contributed by atoms with Gasteiger partial charge in [-0.25, -0.2) is 4.39 Å². The topological polar surface area (TPSA) is 46.9 Å². The summed E-state index contributed by atoms with van der Waals surface area (Å²) in [4.78, 5) is 12.5. The lowest BCUT2D eigenvalue weighted by Gasteiger charge is -2.06. The summed E-state index contributed by atoms with van der Waals surface area (Å²) in [5.41, 5.74) is 3.42. The van der Waals surface area contributed by atoms with Crippen LogP contribution in [0, 0.1) is 5.82 Å². The number of hydrogen-bond donors (Lipinski definition) is 1. The molecular weight excluding hydrogens is 389 g/mol. The van der Waals surface area contributed by atoms with E-state index in [1.807, 2.05) is 42.5 Å². The van der Waals surface area contributed by atoms with Gasteiger partial charge in [-0.15, -0.1) is 0 Å². The number of nitrogens with zero attached hydrogens (tertiary/aromatic N) is 2. The van der Waals surface area contributed by atoms with E-state index in [0.29, 0.717) is 22.9 Å². The van der Waals surface area contributed by atoms with Gasteiger partial charge in [0.05, 0.1) is 6.54 Å². The zero-order chi connectivity index (χ0) is 20.2. The molecule has 0 saturated heterocycles. The number of amides is 1. The predicted molar refractivity (Wildman–Crippen MR) is 113 cm³/mol. The van der Waals surface area contributed by atoms with Gasteiger partial charge < -0.3 is 5.32 Å². The van der Waals surface area contributed by atoms with Gasteiger partial charge in [0.25, 0.3) is 5.91 Å². The van der Waals surface area contributed by atoms with Crippen molar-refractivity contribution in [3.05, 3.63) is 107 Å². The number of anilines is 1. The van der Waals surface area contributed by atoms with E-state index in [2.05, 4.69) is 10.4 Å². The highest BCUT2D eigenvalue weighted by atomic mass is 35.5. The molecule has 4 rings (SSSR count). The van der Waals surface area contributed by atoms with Gasteiger partial charge >= 0.3 is 0 Å². The number of carbonyl (C=O) groups excluding carboxylic acids is 1. The summed E-state index contributed by atoms with van der Waals surface area (Å²) in [6.45, 7) is 0.376. The summed E-state index contributed by atoms with van der Waals surface area (Å²) in [6, 6.07) is 23.3. The van der Waals surface area contributed by atoms with E-state index in [-0.39, 0.29) is 11.7 Å². The number of hydrogen-bond acceptors (Lipinski definition) is 2. The first kappa shape index (κ1) is 18.9. The van der Waals surface area contributed by atoms with Gasteiger partial charge in [-0.2, -0.15) is 5.10 Å². The molecule has 0 unspecified atom stereocenters. The first-order chi connectivity index (χ1) is 14.1. The average molecular weight is 406 g/mol. The van der Waals surface area contributed by atoms with Gasteiger partial charge in [-0.1, -0.05) is 60.1 Å². The Morgan fingerprint density at radius 3 is 2.41 bits per heavy atom. The SMILES string of the molecule is O=C(Nc1ccn(Cc2ccc(F)cc2Cl)n1)c1ccc(-c2ccccc2)cc1. The normalized spacial score (nSPS) is 10.7. The largest absolute Gasteiger partial charge is 0.305 e. The van der Waals surface area contributed by atoms with Crippen molar-refractivity contribution in [1.29, 1.82) is 0 Å². The van der Waals surface area contributed by atoms with Crippen LogP contribution in [0.2, 0.25) is 5.02 Å². The quantitative estimate of drug-likeness (QED) is 0.466. The van der Waals surface area contributed by atoms with Crippen molar-refractivity contribution in [2.24, 2.45) is 0 Å². The maximum Gasteiger partial charge on any atom is 0.256 e. The summed E-state index contributed by atoms with van der Waals surface area (Å²) < 4.78 is 14.8. The Bertz CT molecular complexity index is 1140. The van der Waals surface area contributed by atoms with Crippen LogP contribution in [0.1, 0.15) is 15.9 Å². The lowest BCUT2D eigenvalue weighted by molar-refractivity contribution is 0.102. The minimum absolute atomic E-state index is 0.241. The predicted octanol–water partition coefficient (Wildman–Crippen LogP) is 5.64. The fraction of sp³-hybridized carbons (Fsp3) is 0.0435. The molecule has 0 spiro atoms. The van der Waals surface area contributed by atoms with Gasteiger partial charge in [-0.05, 0) is 41.0 Å². The zero-order valence-corrected chi connectivity index (χ0v) is 16.1. The molecule has 1 amide bonds. The third kappa shape index (κ3) is 4.52. The maximum absolute atomic E-state index is 13.2. The van der Waals surface area contributed by atoms with E-state index in [9.17, 15) is 9.18 Å². The monoisotopic (exact) mass is 405 g/mol. The molecule has 29 heavy (non-hydrogen) atoms. The summed E-state index contributed by atoms with van der Waals surface area (Å²) in [5.74, 6) is -0.194. The molecule has 1 aromatic heterocycles. The van der Waals surface area contributed by atoms with Gasteiger partial charge in [-0.3, -0.25) is 9.48 Å². The maximum atomic E-state index is 13.2. The second kappa shape index (κ2) is 8.29. The molecule has 144 valence electrons. The highest BCUT2D eigenvalue weighted by Gasteiger charge is 2.10. The van der Waals surface area contributed by atoms with Crippen molar-refractivity contribution in [2.75, 3.05) is 5.32 Å². The van der Waals surface area contributed by atoms with Crippen LogP contribution in [0.4, 0.5) is 10.2 Å². The number of benzene rings is 3. The van der Waals surface area contributed by atoms with Crippen molar-refractivity contribution in [3.8, 4) is 11.1 Å². The van der Waals surface area contributed by atoms with Crippen LogP contribution in [0.15, 0.2) is 85.1 Å².